The van der Waals surface area contributed by atoms with Crippen LogP contribution >= 0.6 is 0 Å². The van der Waals surface area contributed by atoms with E-state index in [2.05, 4.69) is 15.8 Å². The minimum atomic E-state index is -0.956. The zero-order valence-electron chi connectivity index (χ0n) is 7.64. The Morgan fingerprint density at radius 1 is 1.23 bits per heavy atom. The van der Waals surface area contributed by atoms with Gasteiger partial charge < -0.3 is 8.83 Å². The van der Waals surface area contributed by atoms with Crippen molar-refractivity contribution in [1.29, 1.82) is 0 Å². The molecule has 0 atom stereocenters. The fourth-order valence-corrected chi connectivity index (χ4v) is 1.15. The molecule has 0 saturated carbocycles. The lowest BCUT2D eigenvalue weighted by atomic mass is 10.1. The van der Waals surface area contributed by atoms with Crippen molar-refractivity contribution in [2.45, 2.75) is 39.0 Å². The van der Waals surface area contributed by atoms with E-state index in [1.54, 1.807) is 0 Å². The molecule has 0 fully saturated rings. The molecule has 0 N–H and O–H groups in total. The van der Waals surface area contributed by atoms with Gasteiger partial charge in [-0.3, -0.25) is 0 Å². The van der Waals surface area contributed by atoms with Gasteiger partial charge in [0.1, 0.15) is 0 Å². The predicted octanol–water partition coefficient (Wildman–Crippen LogP) is 2.49. The van der Waals surface area contributed by atoms with Crippen LogP contribution in [0.4, 0.5) is 4.39 Å². The number of aryl methyl sites for hydroxylation is 1. The molecule has 13 heavy (non-hydrogen) atoms. The highest BCUT2D eigenvalue weighted by molar-refractivity contribution is 4.88. The largest absolute Gasteiger partial charge is 0.521 e. The molecule has 0 aliphatic heterocycles. The van der Waals surface area contributed by atoms with Crippen molar-refractivity contribution in [3.05, 3.63) is 22.4 Å². The van der Waals surface area contributed by atoms with Crippen molar-refractivity contribution in [3.63, 3.8) is 0 Å². The van der Waals surface area contributed by atoms with Crippen LogP contribution in [0.5, 0.6) is 0 Å². The molecule has 3 nitrogen and oxygen atoms in total. The number of hydrogen-bond acceptors (Lipinski definition) is 3. The predicted molar refractivity (Wildman–Crippen MR) is 45.0 cm³/mol. The first-order valence-electron chi connectivity index (χ1n) is 4.52. The summed E-state index contributed by atoms with van der Waals surface area (Å²) in [6, 6.07) is -0.874. The summed E-state index contributed by atoms with van der Waals surface area (Å²) < 4.78 is 21.2. The van der Waals surface area contributed by atoms with Gasteiger partial charge in [-0.2, -0.15) is 4.39 Å². The highest BCUT2D eigenvalue weighted by Crippen LogP contribution is 2.09. The van der Waals surface area contributed by atoms with Gasteiger partial charge in [-0.1, -0.05) is 26.2 Å². The SMILES string of the molecule is CCCCCCc1oc(=O)oc1F. The van der Waals surface area contributed by atoms with Crippen LogP contribution in [-0.2, 0) is 6.42 Å². The molecule has 0 aliphatic rings. The van der Waals surface area contributed by atoms with Gasteiger partial charge in [-0.05, 0) is 6.42 Å². The Hall–Kier alpha value is -1.06. The third kappa shape index (κ3) is 3.05. The molecule has 0 amide bonds. The molecular weight excluding hydrogens is 175 g/mol. The summed E-state index contributed by atoms with van der Waals surface area (Å²) in [4.78, 5) is 10.4. The van der Waals surface area contributed by atoms with Gasteiger partial charge in [-0.15, -0.1) is 0 Å². The zero-order chi connectivity index (χ0) is 9.68. The van der Waals surface area contributed by atoms with E-state index >= 15 is 0 Å². The Kier molecular flexibility index (Phi) is 3.73. The molecule has 0 bridgehead atoms. The van der Waals surface area contributed by atoms with Gasteiger partial charge in [0, 0.05) is 6.42 Å². The summed E-state index contributed by atoms with van der Waals surface area (Å²) in [5.41, 5.74) is 0. The highest BCUT2D eigenvalue weighted by Gasteiger charge is 2.10. The van der Waals surface area contributed by atoms with Crippen molar-refractivity contribution in [2.75, 3.05) is 0 Å². The normalized spacial score (nSPS) is 10.6. The second kappa shape index (κ2) is 4.84. The first kappa shape index (κ1) is 10.0. The van der Waals surface area contributed by atoms with Crippen LogP contribution in [0.15, 0.2) is 13.6 Å². The first-order valence-corrected chi connectivity index (χ1v) is 4.52. The van der Waals surface area contributed by atoms with Crippen LogP contribution < -0.4 is 5.82 Å². The quantitative estimate of drug-likeness (QED) is 0.667. The van der Waals surface area contributed by atoms with Gasteiger partial charge in [0.15, 0.2) is 5.76 Å². The lowest BCUT2D eigenvalue weighted by Gasteiger charge is -1.94. The molecule has 1 aromatic rings. The van der Waals surface area contributed by atoms with Crippen LogP contribution in [0.2, 0.25) is 0 Å². The first-order chi connectivity index (χ1) is 6.24. The lowest BCUT2D eigenvalue weighted by molar-refractivity contribution is 0.312. The molecule has 1 heterocycles. The maximum absolute atomic E-state index is 12.7. The van der Waals surface area contributed by atoms with Crippen molar-refractivity contribution >= 4 is 0 Å². The number of hydrogen-bond donors (Lipinski definition) is 0. The monoisotopic (exact) mass is 188 g/mol. The average Bonchev–Trinajstić information content (AvgIpc) is 2.39. The zero-order valence-corrected chi connectivity index (χ0v) is 7.64. The van der Waals surface area contributed by atoms with E-state index in [9.17, 15) is 9.18 Å². The summed E-state index contributed by atoms with van der Waals surface area (Å²) in [5, 5.41) is 0. The van der Waals surface area contributed by atoms with Gasteiger partial charge in [0.05, 0.1) is 0 Å². The van der Waals surface area contributed by atoms with Gasteiger partial charge in [0.25, 0.3) is 0 Å². The highest BCUT2D eigenvalue weighted by atomic mass is 19.1. The van der Waals surface area contributed by atoms with Crippen LogP contribution in [-0.4, -0.2) is 0 Å². The Morgan fingerprint density at radius 3 is 2.54 bits per heavy atom. The molecule has 0 unspecified atom stereocenters. The van der Waals surface area contributed by atoms with Gasteiger partial charge in [-0.25, -0.2) is 4.79 Å². The molecule has 0 saturated heterocycles. The fraction of sp³-hybridized carbons (Fsp3) is 0.667. The third-order valence-corrected chi connectivity index (χ3v) is 1.86. The second-order valence-electron chi connectivity index (χ2n) is 2.96. The summed E-state index contributed by atoms with van der Waals surface area (Å²) in [6.45, 7) is 2.10. The summed E-state index contributed by atoms with van der Waals surface area (Å²) >= 11 is 0. The molecule has 4 heteroatoms. The maximum Gasteiger partial charge on any atom is 0.521 e. The molecular formula is C9H13FO3. The van der Waals surface area contributed by atoms with E-state index in [1.165, 1.54) is 0 Å². The van der Waals surface area contributed by atoms with Gasteiger partial charge >= 0.3 is 11.8 Å². The van der Waals surface area contributed by atoms with Crippen LogP contribution in [0.1, 0.15) is 38.4 Å². The van der Waals surface area contributed by atoms with Crippen molar-refractivity contribution < 1.29 is 13.2 Å². The van der Waals surface area contributed by atoms with Crippen molar-refractivity contribution in [1.82, 2.24) is 0 Å². The van der Waals surface area contributed by atoms with E-state index in [0.717, 1.165) is 25.7 Å². The molecule has 74 valence electrons. The number of halogens is 1. The average molecular weight is 188 g/mol. The minimum absolute atomic E-state index is 0.0427. The fourth-order valence-electron chi connectivity index (χ4n) is 1.15. The van der Waals surface area contributed by atoms with Crippen molar-refractivity contribution in [3.8, 4) is 0 Å². The standard InChI is InChI=1S/C9H13FO3/c1-2-3-4-5-6-7-8(10)13-9(11)12-7/h2-6H2,1H3. The molecule has 0 radical (unpaired) electrons. The smallest absolute Gasteiger partial charge is 0.393 e. The van der Waals surface area contributed by atoms with E-state index in [0.29, 0.717) is 6.42 Å². The van der Waals surface area contributed by atoms with Crippen LogP contribution in [0.3, 0.4) is 0 Å². The Morgan fingerprint density at radius 2 is 2.00 bits per heavy atom. The number of unbranched alkanes of at least 4 members (excludes halogenated alkanes) is 3. The molecule has 1 rings (SSSR count). The molecule has 0 aliphatic carbocycles. The third-order valence-electron chi connectivity index (χ3n) is 1.86. The maximum atomic E-state index is 12.7. The van der Waals surface area contributed by atoms with E-state index in [1.807, 2.05) is 0 Å². The minimum Gasteiger partial charge on any atom is -0.393 e. The Labute approximate surface area is 75.5 Å². The van der Waals surface area contributed by atoms with E-state index in [-0.39, 0.29) is 5.76 Å². The Bertz CT molecular complexity index is 300. The Balaban J connectivity index is 2.36. The topological polar surface area (TPSA) is 43.4 Å². The number of rotatable bonds is 5. The second-order valence-corrected chi connectivity index (χ2v) is 2.96. The van der Waals surface area contributed by atoms with Crippen molar-refractivity contribution in [2.24, 2.45) is 0 Å². The molecule has 0 aromatic carbocycles. The van der Waals surface area contributed by atoms with Gasteiger partial charge in [0.2, 0.25) is 0 Å². The van der Waals surface area contributed by atoms with E-state index in [4.69, 9.17) is 0 Å². The summed E-state index contributed by atoms with van der Waals surface area (Å²) in [5.74, 6) is -0.913. The summed E-state index contributed by atoms with van der Waals surface area (Å²) in [6.07, 6.45) is 4.52. The van der Waals surface area contributed by atoms with Crippen LogP contribution in [0.25, 0.3) is 0 Å². The van der Waals surface area contributed by atoms with Crippen LogP contribution in [0, 0.1) is 6.01 Å². The summed E-state index contributed by atoms with van der Waals surface area (Å²) in [7, 11) is 0. The molecule has 0 spiro atoms. The molecule has 1 aromatic heterocycles. The van der Waals surface area contributed by atoms with E-state index < -0.39 is 11.8 Å². The lowest BCUT2D eigenvalue weighted by Crippen LogP contribution is -1.88.